The molecule has 0 fully saturated rings. The van der Waals surface area contributed by atoms with Crippen molar-refractivity contribution in [1.29, 1.82) is 0 Å². The SMILES string of the molecule is CC/C=C\C/C=C\C/C=C\C/C=C\CCCCCCCCCCCCCCC(=O)OCC(COC(=O)CCCCCCC/C=C\CCC)OC(=O)CCCCCCCCC/C=C\C/C=C\CCCCCC. The Balaban J connectivity index is 4.26. The van der Waals surface area contributed by atoms with Gasteiger partial charge in [0.1, 0.15) is 13.2 Å². The van der Waals surface area contributed by atoms with Crippen LogP contribution in [0, 0.1) is 0 Å². The van der Waals surface area contributed by atoms with Gasteiger partial charge in [-0.3, -0.25) is 14.4 Å². The summed E-state index contributed by atoms with van der Waals surface area (Å²) in [7, 11) is 0. The molecule has 0 heterocycles. The fourth-order valence-corrected chi connectivity index (χ4v) is 8.35. The molecule has 0 spiro atoms. The highest BCUT2D eigenvalue weighted by Gasteiger charge is 2.19. The summed E-state index contributed by atoms with van der Waals surface area (Å²) in [5.41, 5.74) is 0. The number of carbonyl (C=O) groups is 3. The van der Waals surface area contributed by atoms with E-state index in [1.54, 1.807) is 0 Å². The molecular formula is C65H112O6. The van der Waals surface area contributed by atoms with Crippen LogP contribution in [0.3, 0.4) is 0 Å². The summed E-state index contributed by atoms with van der Waals surface area (Å²) < 4.78 is 16.9. The highest BCUT2D eigenvalue weighted by molar-refractivity contribution is 5.71. The number of hydrogen-bond acceptors (Lipinski definition) is 6. The molecule has 1 unspecified atom stereocenters. The van der Waals surface area contributed by atoms with E-state index in [0.717, 1.165) is 109 Å². The van der Waals surface area contributed by atoms with Gasteiger partial charge in [-0.05, 0) is 109 Å². The summed E-state index contributed by atoms with van der Waals surface area (Å²) in [6.07, 6.45) is 77.3. The third-order valence-corrected chi connectivity index (χ3v) is 12.8. The van der Waals surface area contributed by atoms with Gasteiger partial charge in [-0.2, -0.15) is 0 Å². The van der Waals surface area contributed by atoms with Gasteiger partial charge in [0.25, 0.3) is 0 Å². The molecule has 0 rings (SSSR count). The first-order valence-corrected chi connectivity index (χ1v) is 30.1. The molecule has 0 amide bonds. The van der Waals surface area contributed by atoms with Crippen LogP contribution in [0.4, 0.5) is 0 Å². The zero-order valence-corrected chi connectivity index (χ0v) is 46.7. The zero-order chi connectivity index (χ0) is 51.4. The van der Waals surface area contributed by atoms with Crippen molar-refractivity contribution in [2.24, 2.45) is 0 Å². The van der Waals surface area contributed by atoms with Crippen LogP contribution in [-0.2, 0) is 28.6 Å². The average molecular weight is 990 g/mol. The van der Waals surface area contributed by atoms with Crippen LogP contribution in [-0.4, -0.2) is 37.2 Å². The molecule has 6 nitrogen and oxygen atoms in total. The van der Waals surface area contributed by atoms with E-state index < -0.39 is 6.10 Å². The lowest BCUT2D eigenvalue weighted by Crippen LogP contribution is -2.30. The lowest BCUT2D eigenvalue weighted by Gasteiger charge is -2.18. The Bertz CT molecular complexity index is 1370. The molecule has 0 aromatic heterocycles. The zero-order valence-electron chi connectivity index (χ0n) is 46.7. The fourth-order valence-electron chi connectivity index (χ4n) is 8.35. The molecule has 71 heavy (non-hydrogen) atoms. The van der Waals surface area contributed by atoms with Gasteiger partial charge in [0, 0.05) is 19.3 Å². The van der Waals surface area contributed by atoms with Gasteiger partial charge in [-0.25, -0.2) is 0 Å². The largest absolute Gasteiger partial charge is 0.462 e. The molecular weight excluding hydrogens is 877 g/mol. The Morgan fingerprint density at radius 1 is 0.296 bits per heavy atom. The van der Waals surface area contributed by atoms with Gasteiger partial charge in [0.15, 0.2) is 6.10 Å². The minimum atomic E-state index is -0.784. The van der Waals surface area contributed by atoms with Gasteiger partial charge in [-0.15, -0.1) is 0 Å². The molecule has 0 radical (unpaired) electrons. The minimum Gasteiger partial charge on any atom is -0.462 e. The first-order chi connectivity index (χ1) is 35.0. The van der Waals surface area contributed by atoms with E-state index in [2.05, 4.69) is 106 Å². The monoisotopic (exact) mass is 989 g/mol. The molecule has 0 aromatic carbocycles. The summed E-state index contributed by atoms with van der Waals surface area (Å²) >= 11 is 0. The van der Waals surface area contributed by atoms with Crippen molar-refractivity contribution in [3.8, 4) is 0 Å². The van der Waals surface area contributed by atoms with Crippen LogP contribution in [0.5, 0.6) is 0 Å². The van der Waals surface area contributed by atoms with Gasteiger partial charge in [-0.1, -0.05) is 247 Å². The molecule has 408 valence electrons. The van der Waals surface area contributed by atoms with Crippen molar-refractivity contribution in [1.82, 2.24) is 0 Å². The number of ether oxygens (including phenoxy) is 3. The van der Waals surface area contributed by atoms with Crippen LogP contribution in [0.1, 0.15) is 290 Å². The van der Waals surface area contributed by atoms with Crippen LogP contribution < -0.4 is 0 Å². The van der Waals surface area contributed by atoms with Crippen molar-refractivity contribution in [2.75, 3.05) is 13.2 Å². The smallest absolute Gasteiger partial charge is 0.306 e. The lowest BCUT2D eigenvalue weighted by atomic mass is 10.0. The van der Waals surface area contributed by atoms with Crippen molar-refractivity contribution in [3.05, 3.63) is 85.1 Å². The number of allylic oxidation sites excluding steroid dienone is 14. The Morgan fingerprint density at radius 3 is 0.930 bits per heavy atom. The van der Waals surface area contributed by atoms with E-state index in [-0.39, 0.29) is 31.1 Å². The predicted octanol–water partition coefficient (Wildman–Crippen LogP) is 20.3. The molecule has 0 aliphatic rings. The van der Waals surface area contributed by atoms with E-state index >= 15 is 0 Å². The first-order valence-electron chi connectivity index (χ1n) is 30.1. The maximum atomic E-state index is 12.9. The molecule has 0 aromatic rings. The summed E-state index contributed by atoms with van der Waals surface area (Å²) in [5, 5.41) is 0. The van der Waals surface area contributed by atoms with Gasteiger partial charge in [0.05, 0.1) is 0 Å². The third kappa shape index (κ3) is 57.4. The van der Waals surface area contributed by atoms with E-state index in [4.69, 9.17) is 14.2 Å². The standard InChI is InChI=1S/C65H112O6/c1-4-7-10-13-16-19-22-24-26-28-30-31-32-33-34-35-36-38-39-41-43-46-49-52-55-58-64(67)70-61-62(60-69-63(66)57-54-51-48-45-21-18-15-12-9-6-3)71-65(68)59-56-53-50-47-44-42-40-37-29-27-25-23-20-17-14-11-8-5-2/h7,10,12,15-16,19-20,23-24,26-27,29-31,62H,4-6,8-9,11,13-14,17-18,21-22,25,28,32-61H2,1-3H3/b10-7-,15-12-,19-16-,23-20-,26-24-,29-27-,31-30-. The number of hydrogen-bond donors (Lipinski definition) is 0. The Labute approximate surface area is 439 Å². The number of esters is 3. The number of carbonyl (C=O) groups excluding carboxylic acids is 3. The molecule has 0 N–H and O–H groups in total. The Hall–Kier alpha value is -3.41. The van der Waals surface area contributed by atoms with E-state index in [9.17, 15) is 14.4 Å². The van der Waals surface area contributed by atoms with E-state index in [1.807, 2.05) is 0 Å². The van der Waals surface area contributed by atoms with Crippen molar-refractivity contribution in [3.63, 3.8) is 0 Å². The molecule has 6 heteroatoms. The maximum Gasteiger partial charge on any atom is 0.306 e. The average Bonchev–Trinajstić information content (AvgIpc) is 3.37. The summed E-state index contributed by atoms with van der Waals surface area (Å²) in [6, 6.07) is 0. The number of unbranched alkanes of at least 4 members (excludes halogenated alkanes) is 29. The summed E-state index contributed by atoms with van der Waals surface area (Å²) in [6.45, 7) is 6.45. The fraction of sp³-hybridized carbons (Fsp3) is 0.738. The molecule has 0 bridgehead atoms. The molecule has 0 aliphatic heterocycles. The normalized spacial score (nSPS) is 12.7. The Kier molecular flexibility index (Phi) is 56.3. The van der Waals surface area contributed by atoms with Crippen molar-refractivity contribution >= 4 is 17.9 Å². The summed E-state index contributed by atoms with van der Waals surface area (Å²) in [5.74, 6) is -0.896. The molecule has 0 saturated heterocycles. The van der Waals surface area contributed by atoms with Crippen LogP contribution >= 0.6 is 0 Å². The minimum absolute atomic E-state index is 0.0825. The maximum absolute atomic E-state index is 12.9. The molecule has 0 saturated carbocycles. The van der Waals surface area contributed by atoms with E-state index in [1.165, 1.54) is 141 Å². The second-order valence-electron chi connectivity index (χ2n) is 19.9. The van der Waals surface area contributed by atoms with E-state index in [0.29, 0.717) is 19.3 Å². The highest BCUT2D eigenvalue weighted by Crippen LogP contribution is 2.16. The first kappa shape index (κ1) is 67.6. The van der Waals surface area contributed by atoms with Gasteiger partial charge in [0.2, 0.25) is 0 Å². The Morgan fingerprint density at radius 2 is 0.577 bits per heavy atom. The van der Waals surface area contributed by atoms with Crippen LogP contribution in [0.15, 0.2) is 85.1 Å². The van der Waals surface area contributed by atoms with Crippen LogP contribution in [0.25, 0.3) is 0 Å². The van der Waals surface area contributed by atoms with Gasteiger partial charge >= 0.3 is 17.9 Å². The molecule has 0 aliphatic carbocycles. The topological polar surface area (TPSA) is 78.9 Å². The van der Waals surface area contributed by atoms with Crippen LogP contribution in [0.2, 0.25) is 0 Å². The quantitative estimate of drug-likeness (QED) is 0.0261. The lowest BCUT2D eigenvalue weighted by molar-refractivity contribution is -0.167. The highest BCUT2D eigenvalue weighted by atomic mass is 16.6. The van der Waals surface area contributed by atoms with Crippen molar-refractivity contribution < 1.29 is 28.6 Å². The second kappa shape index (κ2) is 59.2. The van der Waals surface area contributed by atoms with Crippen molar-refractivity contribution in [2.45, 2.75) is 297 Å². The molecule has 1 atom stereocenters. The number of rotatable bonds is 54. The second-order valence-corrected chi connectivity index (χ2v) is 19.9. The summed E-state index contributed by atoms with van der Waals surface area (Å²) in [4.78, 5) is 38.1. The third-order valence-electron chi connectivity index (χ3n) is 12.8. The van der Waals surface area contributed by atoms with Gasteiger partial charge < -0.3 is 14.2 Å². The predicted molar refractivity (Wildman–Crippen MR) is 307 cm³/mol.